The van der Waals surface area contributed by atoms with Crippen molar-refractivity contribution in [2.24, 2.45) is 0 Å². The van der Waals surface area contributed by atoms with E-state index in [2.05, 4.69) is 18.3 Å². The second-order valence-corrected chi connectivity index (χ2v) is 4.99. The number of carbonyl (C=O) groups excluding carboxylic acids is 1. The molecule has 3 nitrogen and oxygen atoms in total. The fraction of sp³-hybridized carbons (Fsp3) is 0.533. The third-order valence-corrected chi connectivity index (χ3v) is 3.34. The van der Waals surface area contributed by atoms with Crippen LogP contribution in [0.2, 0.25) is 0 Å². The highest BCUT2D eigenvalue weighted by Gasteiger charge is 2.22. The first-order chi connectivity index (χ1) is 8.69. The van der Waals surface area contributed by atoms with E-state index in [0.29, 0.717) is 12.5 Å². The molecule has 0 bridgehead atoms. The van der Waals surface area contributed by atoms with Gasteiger partial charge in [0.05, 0.1) is 7.11 Å². The highest BCUT2D eigenvalue weighted by molar-refractivity contribution is 5.76. The first-order valence-electron chi connectivity index (χ1n) is 6.62. The number of ether oxygens (including phenoxy) is 1. The minimum Gasteiger partial charge on any atom is -0.497 e. The Morgan fingerprint density at radius 3 is 2.83 bits per heavy atom. The fourth-order valence-electron chi connectivity index (χ4n) is 2.04. The van der Waals surface area contributed by atoms with Crippen LogP contribution in [0.4, 0.5) is 0 Å². The van der Waals surface area contributed by atoms with E-state index in [0.717, 1.165) is 31.4 Å². The number of nitrogens with one attached hydrogen (secondary N) is 1. The van der Waals surface area contributed by atoms with Gasteiger partial charge in [-0.2, -0.15) is 0 Å². The number of hydrogen-bond acceptors (Lipinski definition) is 2. The average molecular weight is 247 g/mol. The van der Waals surface area contributed by atoms with E-state index in [-0.39, 0.29) is 5.91 Å². The monoisotopic (exact) mass is 247 g/mol. The third kappa shape index (κ3) is 3.76. The van der Waals surface area contributed by atoms with Crippen LogP contribution in [0.15, 0.2) is 18.2 Å². The van der Waals surface area contributed by atoms with Crippen molar-refractivity contribution in [1.82, 2.24) is 5.32 Å². The fourth-order valence-corrected chi connectivity index (χ4v) is 2.04. The summed E-state index contributed by atoms with van der Waals surface area (Å²) in [5, 5.41) is 3.01. The third-order valence-electron chi connectivity index (χ3n) is 3.34. The minimum atomic E-state index is 0.198. The molecule has 0 spiro atoms. The van der Waals surface area contributed by atoms with Gasteiger partial charge >= 0.3 is 0 Å². The lowest BCUT2D eigenvalue weighted by Crippen LogP contribution is -2.25. The van der Waals surface area contributed by atoms with E-state index in [4.69, 9.17) is 4.74 Å². The molecule has 0 aliphatic heterocycles. The molecule has 0 aromatic heterocycles. The minimum absolute atomic E-state index is 0.198. The lowest BCUT2D eigenvalue weighted by molar-refractivity contribution is -0.121. The zero-order valence-corrected chi connectivity index (χ0v) is 11.2. The van der Waals surface area contributed by atoms with Gasteiger partial charge in [0.15, 0.2) is 0 Å². The molecule has 0 unspecified atom stereocenters. The van der Waals surface area contributed by atoms with Gasteiger partial charge in [0.25, 0.3) is 0 Å². The van der Waals surface area contributed by atoms with Gasteiger partial charge in [-0.25, -0.2) is 0 Å². The van der Waals surface area contributed by atoms with E-state index in [1.165, 1.54) is 11.1 Å². The molecular weight excluding hydrogens is 226 g/mol. The summed E-state index contributed by atoms with van der Waals surface area (Å²) in [6.07, 6.45) is 4.80. The molecule has 0 atom stereocenters. The first-order valence-corrected chi connectivity index (χ1v) is 6.62. The molecule has 1 fully saturated rings. The highest BCUT2D eigenvalue weighted by Crippen LogP contribution is 2.20. The van der Waals surface area contributed by atoms with Crippen LogP contribution in [0, 0.1) is 6.92 Å². The maximum absolute atomic E-state index is 11.5. The maximum Gasteiger partial charge on any atom is 0.220 e. The van der Waals surface area contributed by atoms with Crippen molar-refractivity contribution in [2.45, 2.75) is 45.1 Å². The second kappa shape index (κ2) is 5.89. The number of hydrogen-bond donors (Lipinski definition) is 1. The van der Waals surface area contributed by atoms with E-state index < -0.39 is 0 Å². The van der Waals surface area contributed by atoms with E-state index in [9.17, 15) is 4.79 Å². The number of aryl methyl sites for hydroxylation is 2. The Hall–Kier alpha value is -1.51. The van der Waals surface area contributed by atoms with E-state index in [1.807, 2.05) is 12.1 Å². The van der Waals surface area contributed by atoms with Crippen LogP contribution in [0.3, 0.4) is 0 Å². The van der Waals surface area contributed by atoms with Crippen molar-refractivity contribution >= 4 is 5.91 Å². The van der Waals surface area contributed by atoms with Gasteiger partial charge in [0.1, 0.15) is 5.75 Å². The molecule has 1 aliphatic carbocycles. The summed E-state index contributed by atoms with van der Waals surface area (Å²) >= 11 is 0. The van der Waals surface area contributed by atoms with Crippen molar-refractivity contribution in [2.75, 3.05) is 7.11 Å². The summed E-state index contributed by atoms with van der Waals surface area (Å²) in [4.78, 5) is 11.5. The van der Waals surface area contributed by atoms with Crippen molar-refractivity contribution < 1.29 is 9.53 Å². The molecule has 1 saturated carbocycles. The number of benzene rings is 1. The number of carbonyl (C=O) groups is 1. The van der Waals surface area contributed by atoms with Crippen LogP contribution in [-0.2, 0) is 11.2 Å². The van der Waals surface area contributed by atoms with Gasteiger partial charge in [0.2, 0.25) is 5.91 Å². The average Bonchev–Trinajstić information content (AvgIpc) is 3.15. The van der Waals surface area contributed by atoms with Crippen molar-refractivity contribution in [3.63, 3.8) is 0 Å². The van der Waals surface area contributed by atoms with Gasteiger partial charge in [-0.05, 0) is 55.9 Å². The smallest absolute Gasteiger partial charge is 0.220 e. The molecule has 0 saturated heterocycles. The van der Waals surface area contributed by atoms with Crippen LogP contribution in [-0.4, -0.2) is 19.1 Å². The van der Waals surface area contributed by atoms with Crippen LogP contribution in [0.25, 0.3) is 0 Å². The van der Waals surface area contributed by atoms with Gasteiger partial charge in [-0.15, -0.1) is 0 Å². The zero-order valence-electron chi connectivity index (χ0n) is 11.2. The molecule has 0 heterocycles. The number of methoxy groups -OCH3 is 1. The lowest BCUT2D eigenvalue weighted by Gasteiger charge is -2.08. The molecule has 18 heavy (non-hydrogen) atoms. The summed E-state index contributed by atoms with van der Waals surface area (Å²) in [6.45, 7) is 2.09. The maximum atomic E-state index is 11.5. The van der Waals surface area contributed by atoms with Crippen molar-refractivity contribution in [3.05, 3.63) is 29.3 Å². The van der Waals surface area contributed by atoms with Gasteiger partial charge in [-0.3, -0.25) is 4.79 Å². The number of rotatable bonds is 6. The van der Waals surface area contributed by atoms with Crippen molar-refractivity contribution in [3.8, 4) is 5.75 Å². The van der Waals surface area contributed by atoms with Crippen LogP contribution >= 0.6 is 0 Å². The van der Waals surface area contributed by atoms with Crippen LogP contribution < -0.4 is 10.1 Å². The molecule has 1 aliphatic rings. The molecule has 0 radical (unpaired) electrons. The summed E-state index contributed by atoms with van der Waals surface area (Å²) in [5.74, 6) is 1.09. The largest absolute Gasteiger partial charge is 0.497 e. The quantitative estimate of drug-likeness (QED) is 0.839. The Morgan fingerprint density at radius 1 is 1.44 bits per heavy atom. The van der Waals surface area contributed by atoms with Gasteiger partial charge in [-0.1, -0.05) is 6.07 Å². The Morgan fingerprint density at radius 2 is 2.22 bits per heavy atom. The predicted molar refractivity (Wildman–Crippen MR) is 71.8 cm³/mol. The molecule has 98 valence electrons. The second-order valence-electron chi connectivity index (χ2n) is 4.99. The Kier molecular flexibility index (Phi) is 4.24. The first kappa shape index (κ1) is 12.9. The summed E-state index contributed by atoms with van der Waals surface area (Å²) in [6, 6.07) is 6.58. The topological polar surface area (TPSA) is 38.3 Å². The van der Waals surface area contributed by atoms with E-state index >= 15 is 0 Å². The van der Waals surface area contributed by atoms with Gasteiger partial charge in [0, 0.05) is 12.5 Å². The number of amides is 1. The molecule has 1 N–H and O–H groups in total. The molecule has 1 aromatic rings. The standard InChI is InChI=1S/C15H21NO2/c1-11-10-14(18-2)9-6-12(11)4-3-5-15(17)16-13-7-8-13/h6,9-10,13H,3-5,7-8H2,1-2H3,(H,16,17). The lowest BCUT2D eigenvalue weighted by atomic mass is 10.0. The molecule has 3 heteroatoms. The zero-order chi connectivity index (χ0) is 13.0. The summed E-state index contributed by atoms with van der Waals surface area (Å²) in [5.41, 5.74) is 2.53. The van der Waals surface area contributed by atoms with Gasteiger partial charge < -0.3 is 10.1 Å². The Labute approximate surface area is 109 Å². The molecule has 2 rings (SSSR count). The SMILES string of the molecule is COc1ccc(CCCC(=O)NC2CC2)c(C)c1. The summed E-state index contributed by atoms with van der Waals surface area (Å²) in [7, 11) is 1.68. The Balaban J connectivity index is 1.76. The molecule has 1 amide bonds. The van der Waals surface area contributed by atoms with E-state index in [1.54, 1.807) is 7.11 Å². The molecule has 1 aromatic carbocycles. The van der Waals surface area contributed by atoms with Crippen LogP contribution in [0.1, 0.15) is 36.8 Å². The van der Waals surface area contributed by atoms with Crippen molar-refractivity contribution in [1.29, 1.82) is 0 Å². The predicted octanol–water partition coefficient (Wildman–Crippen LogP) is 2.60. The highest BCUT2D eigenvalue weighted by atomic mass is 16.5. The molecular formula is C15H21NO2. The normalized spacial score (nSPS) is 14.3. The van der Waals surface area contributed by atoms with Crippen LogP contribution in [0.5, 0.6) is 5.75 Å². The Bertz CT molecular complexity index is 425. The summed E-state index contributed by atoms with van der Waals surface area (Å²) < 4.78 is 5.18.